The lowest BCUT2D eigenvalue weighted by molar-refractivity contribution is 0.297. The molecule has 2 aliphatic heterocycles. The van der Waals surface area contributed by atoms with E-state index in [1.54, 1.807) is 6.26 Å². The summed E-state index contributed by atoms with van der Waals surface area (Å²) < 4.78 is 5.38. The molecule has 2 fully saturated rings. The third kappa shape index (κ3) is 1.10. The Balaban J connectivity index is 1.70. The second kappa shape index (κ2) is 2.98. The van der Waals surface area contributed by atoms with Crippen LogP contribution in [0.1, 0.15) is 0 Å². The van der Waals surface area contributed by atoms with E-state index in [4.69, 9.17) is 4.42 Å². The number of hydrogen-bond donors (Lipinski definition) is 1. The van der Waals surface area contributed by atoms with E-state index >= 15 is 0 Å². The highest BCUT2D eigenvalue weighted by Crippen LogP contribution is 2.29. The van der Waals surface area contributed by atoms with E-state index in [1.807, 2.05) is 12.3 Å². The molecule has 82 valence electrons. The molecule has 0 aromatic carbocycles. The minimum Gasteiger partial charge on any atom is -0.463 e. The van der Waals surface area contributed by atoms with E-state index in [9.17, 15) is 0 Å². The number of aromatic nitrogens is 1. The first-order chi connectivity index (χ1) is 7.90. The summed E-state index contributed by atoms with van der Waals surface area (Å²) in [5.74, 6) is 0.826. The van der Waals surface area contributed by atoms with Gasteiger partial charge in [-0.15, -0.1) is 0 Å². The minimum atomic E-state index is 0.687. The van der Waals surface area contributed by atoms with Gasteiger partial charge in [-0.2, -0.15) is 0 Å². The number of rotatable bonds is 1. The predicted molar refractivity (Wildman–Crippen MR) is 61.5 cm³/mol. The van der Waals surface area contributed by atoms with Crippen LogP contribution in [-0.4, -0.2) is 30.7 Å². The average molecular weight is 215 g/mol. The van der Waals surface area contributed by atoms with E-state index in [-0.39, 0.29) is 0 Å². The Kier molecular flexibility index (Phi) is 1.60. The molecule has 0 bridgehead atoms. The monoisotopic (exact) mass is 215 g/mol. The third-order valence-corrected chi connectivity index (χ3v) is 3.74. The minimum absolute atomic E-state index is 0.687. The van der Waals surface area contributed by atoms with Gasteiger partial charge in [-0.25, -0.2) is 0 Å². The second-order valence-corrected chi connectivity index (χ2v) is 4.68. The number of hydrogen-bond acceptors (Lipinski definition) is 4. The maximum absolute atomic E-state index is 5.38. The fraction of sp³-hybridized carbons (Fsp3) is 0.417. The van der Waals surface area contributed by atoms with E-state index in [0.717, 1.165) is 36.7 Å². The number of nitrogens with one attached hydrogen (secondary N) is 1. The molecule has 4 nitrogen and oxygen atoms in total. The molecule has 2 aromatic rings. The average Bonchev–Trinajstić information content (AvgIpc) is 2.83. The lowest BCUT2D eigenvalue weighted by Gasteiger charge is -2.29. The zero-order valence-corrected chi connectivity index (χ0v) is 8.89. The van der Waals surface area contributed by atoms with Gasteiger partial charge in [0, 0.05) is 43.7 Å². The summed E-state index contributed by atoms with van der Waals surface area (Å²) in [4.78, 5) is 6.79. The van der Waals surface area contributed by atoms with Gasteiger partial charge in [-0.3, -0.25) is 4.98 Å². The molecule has 4 heteroatoms. The van der Waals surface area contributed by atoms with E-state index in [2.05, 4.69) is 21.3 Å². The van der Waals surface area contributed by atoms with Crippen molar-refractivity contribution >= 4 is 16.8 Å². The molecule has 2 saturated heterocycles. The molecule has 2 aromatic heterocycles. The zero-order valence-electron chi connectivity index (χ0n) is 8.89. The lowest BCUT2D eigenvalue weighted by atomic mass is 9.96. The van der Waals surface area contributed by atoms with Crippen molar-refractivity contribution in [1.29, 1.82) is 0 Å². The van der Waals surface area contributed by atoms with Crippen LogP contribution in [0.2, 0.25) is 0 Å². The van der Waals surface area contributed by atoms with Crippen LogP contribution in [0.25, 0.3) is 11.1 Å². The first-order valence-corrected chi connectivity index (χ1v) is 5.72. The molecule has 2 atom stereocenters. The van der Waals surface area contributed by atoms with Gasteiger partial charge in [0.05, 0.1) is 18.1 Å². The predicted octanol–water partition coefficient (Wildman–Crippen LogP) is 1.24. The third-order valence-electron chi connectivity index (χ3n) is 3.74. The Labute approximate surface area is 93.2 Å². The fourth-order valence-corrected chi connectivity index (χ4v) is 2.67. The molecule has 0 unspecified atom stereocenters. The van der Waals surface area contributed by atoms with E-state index in [1.165, 1.54) is 5.69 Å². The van der Waals surface area contributed by atoms with Crippen molar-refractivity contribution in [3.63, 3.8) is 0 Å². The topological polar surface area (TPSA) is 41.3 Å². The molecule has 0 spiro atoms. The molecule has 4 heterocycles. The van der Waals surface area contributed by atoms with Crippen molar-refractivity contribution in [2.24, 2.45) is 5.92 Å². The molecule has 0 radical (unpaired) electrons. The Hall–Kier alpha value is -1.55. The van der Waals surface area contributed by atoms with Crippen LogP contribution in [0.4, 0.5) is 5.69 Å². The molecule has 2 aliphatic rings. The number of fused-ring (bicyclic) bond motifs is 2. The van der Waals surface area contributed by atoms with Crippen molar-refractivity contribution in [3.8, 4) is 0 Å². The van der Waals surface area contributed by atoms with Crippen molar-refractivity contribution in [3.05, 3.63) is 24.6 Å². The van der Waals surface area contributed by atoms with E-state index in [0.29, 0.717) is 6.04 Å². The number of anilines is 1. The van der Waals surface area contributed by atoms with E-state index < -0.39 is 0 Å². The Bertz CT molecular complexity index is 524. The molecule has 0 saturated carbocycles. The summed E-state index contributed by atoms with van der Waals surface area (Å²) in [5, 5.41) is 3.45. The SMILES string of the molecule is c1cc2ncc(N3C[C@@H]4CN[C@@H]4C3)cc2o1. The van der Waals surface area contributed by atoms with Crippen LogP contribution in [-0.2, 0) is 0 Å². The second-order valence-electron chi connectivity index (χ2n) is 4.68. The highest BCUT2D eigenvalue weighted by Gasteiger charge is 2.39. The first-order valence-electron chi connectivity index (χ1n) is 5.72. The van der Waals surface area contributed by atoms with Crippen LogP contribution in [0, 0.1) is 5.92 Å². The van der Waals surface area contributed by atoms with Crippen molar-refractivity contribution < 1.29 is 4.42 Å². The first kappa shape index (κ1) is 8.58. The lowest BCUT2D eigenvalue weighted by Crippen LogP contribution is -2.51. The molecular weight excluding hydrogens is 202 g/mol. The summed E-state index contributed by atoms with van der Waals surface area (Å²) in [6.07, 6.45) is 3.64. The quantitative estimate of drug-likeness (QED) is 0.777. The van der Waals surface area contributed by atoms with Gasteiger partial charge in [0.25, 0.3) is 0 Å². The van der Waals surface area contributed by atoms with Gasteiger partial charge in [0.1, 0.15) is 5.52 Å². The maximum atomic E-state index is 5.38. The summed E-state index contributed by atoms with van der Waals surface area (Å²) in [6, 6.07) is 4.67. The summed E-state index contributed by atoms with van der Waals surface area (Å²) >= 11 is 0. The van der Waals surface area contributed by atoms with Crippen LogP contribution >= 0.6 is 0 Å². The Morgan fingerprint density at radius 3 is 3.19 bits per heavy atom. The van der Waals surface area contributed by atoms with Crippen LogP contribution in [0.3, 0.4) is 0 Å². The van der Waals surface area contributed by atoms with Crippen LogP contribution in [0.15, 0.2) is 29.0 Å². The largest absolute Gasteiger partial charge is 0.463 e. The maximum Gasteiger partial charge on any atom is 0.154 e. The highest BCUT2D eigenvalue weighted by molar-refractivity contribution is 5.76. The molecule has 1 N–H and O–H groups in total. The van der Waals surface area contributed by atoms with Gasteiger partial charge in [-0.05, 0) is 0 Å². The number of nitrogens with zero attached hydrogens (tertiary/aromatic N) is 2. The summed E-state index contributed by atoms with van der Waals surface area (Å²) in [6.45, 7) is 3.40. The fourth-order valence-electron chi connectivity index (χ4n) is 2.67. The zero-order chi connectivity index (χ0) is 10.5. The number of pyridine rings is 1. The molecular formula is C12H13N3O. The Morgan fingerprint density at radius 2 is 2.44 bits per heavy atom. The van der Waals surface area contributed by atoms with Crippen molar-refractivity contribution in [2.75, 3.05) is 24.5 Å². The van der Waals surface area contributed by atoms with Crippen molar-refractivity contribution in [1.82, 2.24) is 10.3 Å². The highest BCUT2D eigenvalue weighted by atomic mass is 16.3. The van der Waals surface area contributed by atoms with Gasteiger partial charge in [0.2, 0.25) is 0 Å². The summed E-state index contributed by atoms with van der Waals surface area (Å²) in [7, 11) is 0. The standard InChI is InChI=1S/C12H13N3O/c1-2-16-12-3-9(5-14-10(1)12)15-6-8-4-13-11(8)7-15/h1-3,5,8,11,13H,4,6-7H2/t8-,11+/m0/s1. The molecule has 16 heavy (non-hydrogen) atoms. The van der Waals surface area contributed by atoms with Crippen molar-refractivity contribution in [2.45, 2.75) is 6.04 Å². The molecule has 0 amide bonds. The van der Waals surface area contributed by atoms with Crippen LogP contribution in [0.5, 0.6) is 0 Å². The van der Waals surface area contributed by atoms with Gasteiger partial charge in [-0.1, -0.05) is 0 Å². The number of furan rings is 1. The Morgan fingerprint density at radius 1 is 1.44 bits per heavy atom. The van der Waals surface area contributed by atoms with Gasteiger partial charge < -0.3 is 14.6 Å². The normalized spacial score (nSPS) is 28.1. The smallest absolute Gasteiger partial charge is 0.154 e. The van der Waals surface area contributed by atoms with Gasteiger partial charge in [0.15, 0.2) is 5.58 Å². The summed E-state index contributed by atoms with van der Waals surface area (Å²) in [5.41, 5.74) is 2.99. The molecule has 4 rings (SSSR count). The molecule has 0 aliphatic carbocycles. The van der Waals surface area contributed by atoms with Gasteiger partial charge >= 0.3 is 0 Å². The van der Waals surface area contributed by atoms with Crippen LogP contribution < -0.4 is 10.2 Å².